The highest BCUT2D eigenvalue weighted by Gasteiger charge is 2.45. The van der Waals surface area contributed by atoms with Crippen LogP contribution in [-0.4, -0.2) is 37.6 Å². The van der Waals surface area contributed by atoms with Gasteiger partial charge >= 0.3 is 0 Å². The summed E-state index contributed by atoms with van der Waals surface area (Å²) in [7, 11) is 0. The number of carbonyl (C=O) groups excluding carboxylic acids is 2. The van der Waals surface area contributed by atoms with E-state index in [2.05, 4.69) is 21.6 Å². The Morgan fingerprint density at radius 2 is 2.00 bits per heavy atom. The molecule has 2 atom stereocenters. The first-order chi connectivity index (χ1) is 12.5. The van der Waals surface area contributed by atoms with Gasteiger partial charge in [0.1, 0.15) is 6.33 Å². The van der Waals surface area contributed by atoms with Gasteiger partial charge in [0.15, 0.2) is 5.82 Å². The Hall–Kier alpha value is -2.96. The molecule has 2 aromatic rings. The number of hydrogen-bond donors (Lipinski definition) is 1. The zero-order valence-electron chi connectivity index (χ0n) is 14.8. The van der Waals surface area contributed by atoms with E-state index in [9.17, 15) is 9.59 Å². The van der Waals surface area contributed by atoms with E-state index in [0.29, 0.717) is 5.82 Å². The molecule has 0 unspecified atom stereocenters. The monoisotopic (exact) mass is 351 g/mol. The summed E-state index contributed by atoms with van der Waals surface area (Å²) in [5.74, 6) is 0.379. The molecule has 0 radical (unpaired) electrons. The molecule has 1 aliphatic heterocycles. The fraction of sp³-hybridized carbons (Fsp3) is 0.368. The molecular weight excluding hydrogens is 330 g/mol. The summed E-state index contributed by atoms with van der Waals surface area (Å²) in [6, 6.07) is 6.29. The number of benzene rings is 1. The molecule has 1 aromatic heterocycles. The van der Waals surface area contributed by atoms with Crippen LogP contribution in [0.2, 0.25) is 0 Å². The SMILES string of the molecule is Cc1cc(C)cc(-c2ncn(/C=C\C(=O)NN3C(=O)[C@H]4CC[C@@H]3C4)n2)c1. The molecule has 2 bridgehead atoms. The Kier molecular flexibility index (Phi) is 4.06. The van der Waals surface area contributed by atoms with Crippen molar-refractivity contribution >= 4 is 18.0 Å². The summed E-state index contributed by atoms with van der Waals surface area (Å²) in [5.41, 5.74) is 5.92. The van der Waals surface area contributed by atoms with Crippen LogP contribution in [0.5, 0.6) is 0 Å². The quantitative estimate of drug-likeness (QED) is 0.855. The average molecular weight is 351 g/mol. The summed E-state index contributed by atoms with van der Waals surface area (Å²) in [4.78, 5) is 28.5. The van der Waals surface area contributed by atoms with Gasteiger partial charge < -0.3 is 0 Å². The topological polar surface area (TPSA) is 80.1 Å². The first-order valence-corrected chi connectivity index (χ1v) is 8.81. The van der Waals surface area contributed by atoms with Crippen molar-refractivity contribution in [1.82, 2.24) is 25.2 Å². The minimum Gasteiger partial charge on any atom is -0.273 e. The first kappa shape index (κ1) is 16.5. The van der Waals surface area contributed by atoms with Gasteiger partial charge in [-0.25, -0.2) is 9.67 Å². The number of nitrogens with one attached hydrogen (secondary N) is 1. The maximum absolute atomic E-state index is 12.1. The second-order valence-corrected chi connectivity index (χ2v) is 7.09. The number of rotatable bonds is 4. The lowest BCUT2D eigenvalue weighted by Gasteiger charge is -2.26. The second-order valence-electron chi connectivity index (χ2n) is 7.09. The third-order valence-corrected chi connectivity index (χ3v) is 4.95. The van der Waals surface area contributed by atoms with Crippen molar-refractivity contribution in [3.8, 4) is 11.4 Å². The third kappa shape index (κ3) is 3.12. The average Bonchev–Trinajstić information content (AvgIpc) is 3.30. The van der Waals surface area contributed by atoms with E-state index in [-0.39, 0.29) is 23.8 Å². The van der Waals surface area contributed by atoms with Gasteiger partial charge in [-0.1, -0.05) is 17.2 Å². The van der Waals surface area contributed by atoms with Crippen LogP contribution in [0.15, 0.2) is 30.6 Å². The molecule has 1 aliphatic carbocycles. The van der Waals surface area contributed by atoms with E-state index in [1.54, 1.807) is 6.33 Å². The van der Waals surface area contributed by atoms with Gasteiger partial charge in [0, 0.05) is 23.8 Å². The van der Waals surface area contributed by atoms with Gasteiger partial charge in [-0.2, -0.15) is 0 Å². The number of aryl methyl sites for hydroxylation is 2. The van der Waals surface area contributed by atoms with Crippen LogP contribution in [0.1, 0.15) is 30.4 Å². The molecule has 2 heterocycles. The number of fused-ring (bicyclic) bond motifs is 2. The summed E-state index contributed by atoms with van der Waals surface area (Å²) in [6.07, 6.45) is 7.20. The standard InChI is InChI=1S/C19H21N5O2/c1-12-7-13(2)9-15(8-12)18-20-11-23(22-18)6-5-17(25)21-24-16-4-3-14(10-16)19(24)26/h5-9,11,14,16H,3-4,10H2,1-2H3,(H,21,25)/b6-5-/t14-,16+/m0/s1. The van der Waals surface area contributed by atoms with Crippen LogP contribution >= 0.6 is 0 Å². The molecule has 0 spiro atoms. The molecule has 7 nitrogen and oxygen atoms in total. The number of piperidine rings is 1. The van der Waals surface area contributed by atoms with Gasteiger partial charge in [-0.05, 0) is 45.2 Å². The van der Waals surface area contributed by atoms with Crippen molar-refractivity contribution in [2.75, 3.05) is 0 Å². The molecule has 1 saturated heterocycles. The van der Waals surface area contributed by atoms with Gasteiger partial charge in [0.25, 0.3) is 5.91 Å². The molecule has 1 N–H and O–H groups in total. The van der Waals surface area contributed by atoms with Gasteiger partial charge in [0.2, 0.25) is 5.91 Å². The first-order valence-electron chi connectivity index (χ1n) is 8.81. The van der Waals surface area contributed by atoms with E-state index in [1.807, 2.05) is 26.0 Å². The Morgan fingerprint density at radius 3 is 2.69 bits per heavy atom. The highest BCUT2D eigenvalue weighted by molar-refractivity contribution is 5.92. The minimum absolute atomic E-state index is 0.0286. The molecule has 7 heteroatoms. The van der Waals surface area contributed by atoms with Gasteiger partial charge in [0.05, 0.1) is 6.04 Å². The molecule has 4 rings (SSSR count). The van der Waals surface area contributed by atoms with E-state index >= 15 is 0 Å². The van der Waals surface area contributed by atoms with Crippen molar-refractivity contribution in [3.63, 3.8) is 0 Å². The third-order valence-electron chi connectivity index (χ3n) is 4.95. The van der Waals surface area contributed by atoms with Crippen molar-refractivity contribution in [2.45, 2.75) is 39.2 Å². The summed E-state index contributed by atoms with van der Waals surface area (Å²) in [6.45, 7) is 4.06. The number of carbonyl (C=O) groups is 2. The minimum atomic E-state index is -0.339. The number of hydrogen-bond acceptors (Lipinski definition) is 4. The molecule has 2 aliphatic rings. The molecule has 2 amide bonds. The fourth-order valence-corrected chi connectivity index (χ4v) is 3.82. The largest absolute Gasteiger partial charge is 0.273 e. The van der Waals surface area contributed by atoms with Crippen molar-refractivity contribution in [3.05, 3.63) is 41.7 Å². The molecular formula is C19H21N5O2. The van der Waals surface area contributed by atoms with Crippen LogP contribution in [0.4, 0.5) is 0 Å². The van der Waals surface area contributed by atoms with Crippen LogP contribution in [-0.2, 0) is 9.59 Å². The van der Waals surface area contributed by atoms with Crippen molar-refractivity contribution in [2.24, 2.45) is 5.92 Å². The predicted molar refractivity (Wildman–Crippen MR) is 96.4 cm³/mol. The zero-order valence-corrected chi connectivity index (χ0v) is 14.8. The van der Waals surface area contributed by atoms with E-state index < -0.39 is 0 Å². The summed E-state index contributed by atoms with van der Waals surface area (Å²) in [5, 5.41) is 5.87. The maximum Gasteiger partial charge on any atom is 0.264 e. The van der Waals surface area contributed by atoms with Gasteiger partial charge in [-0.15, -0.1) is 5.10 Å². The molecule has 26 heavy (non-hydrogen) atoms. The lowest BCUT2D eigenvalue weighted by atomic mass is 10.1. The molecule has 2 fully saturated rings. The van der Waals surface area contributed by atoms with Crippen molar-refractivity contribution in [1.29, 1.82) is 0 Å². The highest BCUT2D eigenvalue weighted by Crippen LogP contribution is 2.37. The van der Waals surface area contributed by atoms with Crippen LogP contribution < -0.4 is 5.43 Å². The van der Waals surface area contributed by atoms with Crippen molar-refractivity contribution < 1.29 is 9.59 Å². The van der Waals surface area contributed by atoms with Gasteiger partial charge in [-0.3, -0.25) is 20.0 Å². The lowest BCUT2D eigenvalue weighted by molar-refractivity contribution is -0.142. The fourth-order valence-electron chi connectivity index (χ4n) is 3.82. The molecule has 134 valence electrons. The Labute approximate surface area is 151 Å². The Bertz CT molecular complexity index is 881. The van der Waals surface area contributed by atoms with E-state index in [1.165, 1.54) is 22.0 Å². The van der Waals surface area contributed by atoms with E-state index in [0.717, 1.165) is 36.0 Å². The van der Waals surface area contributed by atoms with Crippen LogP contribution in [0.3, 0.4) is 0 Å². The number of nitrogens with zero attached hydrogens (tertiary/aromatic N) is 4. The second kappa shape index (κ2) is 6.40. The summed E-state index contributed by atoms with van der Waals surface area (Å²) >= 11 is 0. The molecule has 1 saturated carbocycles. The zero-order chi connectivity index (χ0) is 18.3. The normalized spacial score (nSPS) is 21.8. The number of aromatic nitrogens is 3. The smallest absolute Gasteiger partial charge is 0.264 e. The van der Waals surface area contributed by atoms with Crippen LogP contribution in [0.25, 0.3) is 17.6 Å². The van der Waals surface area contributed by atoms with Crippen LogP contribution in [0, 0.1) is 19.8 Å². The predicted octanol–water partition coefficient (Wildman–Crippen LogP) is 2.07. The summed E-state index contributed by atoms with van der Waals surface area (Å²) < 4.78 is 1.49. The number of amides is 2. The highest BCUT2D eigenvalue weighted by atomic mass is 16.2. The Balaban J connectivity index is 1.42. The molecule has 1 aromatic carbocycles. The van der Waals surface area contributed by atoms with E-state index in [4.69, 9.17) is 0 Å². The lowest BCUT2D eigenvalue weighted by Crippen LogP contribution is -2.49. The number of hydrazine groups is 1. The maximum atomic E-state index is 12.1. The Morgan fingerprint density at radius 1 is 1.23 bits per heavy atom.